The standard InChI is InChI=1S/C17H23FN2O2/c1-2-9-20-10-7-14(8-11-20)12-19-17(21)13-22-16-5-3-15(18)4-6-16/h2-6,14H,1,7-13H2,(H,19,21). The molecule has 120 valence electrons. The molecule has 0 aliphatic carbocycles. The van der Waals surface area contributed by atoms with Crippen molar-refractivity contribution in [3.8, 4) is 5.75 Å². The zero-order chi connectivity index (χ0) is 15.8. The summed E-state index contributed by atoms with van der Waals surface area (Å²) in [5.74, 6) is 0.558. The second-order valence-electron chi connectivity index (χ2n) is 5.58. The summed E-state index contributed by atoms with van der Waals surface area (Å²) in [7, 11) is 0. The number of nitrogens with one attached hydrogen (secondary N) is 1. The van der Waals surface area contributed by atoms with Crippen molar-refractivity contribution < 1.29 is 13.9 Å². The molecule has 0 aromatic heterocycles. The first kappa shape index (κ1) is 16.5. The maximum Gasteiger partial charge on any atom is 0.257 e. The predicted octanol–water partition coefficient (Wildman–Crippen LogP) is 2.22. The van der Waals surface area contributed by atoms with Crippen molar-refractivity contribution in [1.82, 2.24) is 10.2 Å². The van der Waals surface area contributed by atoms with E-state index in [2.05, 4.69) is 16.8 Å². The van der Waals surface area contributed by atoms with Gasteiger partial charge in [0, 0.05) is 13.1 Å². The Kier molecular flexibility index (Phi) is 6.40. The minimum absolute atomic E-state index is 0.0407. The maximum absolute atomic E-state index is 12.7. The fourth-order valence-corrected chi connectivity index (χ4v) is 2.54. The smallest absolute Gasteiger partial charge is 0.257 e. The molecule has 1 N–H and O–H groups in total. The number of nitrogens with zero attached hydrogens (tertiary/aromatic N) is 1. The molecular weight excluding hydrogens is 283 g/mol. The van der Waals surface area contributed by atoms with Gasteiger partial charge >= 0.3 is 0 Å². The molecule has 1 amide bonds. The minimum atomic E-state index is -0.320. The van der Waals surface area contributed by atoms with Crippen LogP contribution in [0.2, 0.25) is 0 Å². The number of benzene rings is 1. The summed E-state index contributed by atoms with van der Waals surface area (Å²) in [6.07, 6.45) is 4.11. The summed E-state index contributed by atoms with van der Waals surface area (Å²) in [6, 6.07) is 5.64. The van der Waals surface area contributed by atoms with Gasteiger partial charge < -0.3 is 10.1 Å². The molecule has 0 atom stereocenters. The van der Waals surface area contributed by atoms with Gasteiger partial charge in [-0.3, -0.25) is 9.69 Å². The number of likely N-dealkylation sites (tertiary alicyclic amines) is 1. The molecule has 1 aromatic rings. The van der Waals surface area contributed by atoms with Crippen molar-refractivity contribution in [3.05, 3.63) is 42.7 Å². The zero-order valence-corrected chi connectivity index (χ0v) is 12.8. The molecule has 1 aromatic carbocycles. The number of ether oxygens (including phenoxy) is 1. The topological polar surface area (TPSA) is 41.6 Å². The van der Waals surface area contributed by atoms with Crippen molar-refractivity contribution in [2.45, 2.75) is 12.8 Å². The highest BCUT2D eigenvalue weighted by Gasteiger charge is 2.18. The van der Waals surface area contributed by atoms with E-state index in [0.717, 1.165) is 32.5 Å². The molecule has 0 radical (unpaired) electrons. The van der Waals surface area contributed by atoms with Crippen molar-refractivity contribution in [3.63, 3.8) is 0 Å². The lowest BCUT2D eigenvalue weighted by molar-refractivity contribution is -0.123. The molecular formula is C17H23FN2O2. The van der Waals surface area contributed by atoms with E-state index in [9.17, 15) is 9.18 Å². The van der Waals surface area contributed by atoms with Crippen LogP contribution in [0.4, 0.5) is 4.39 Å². The summed E-state index contributed by atoms with van der Waals surface area (Å²) in [5, 5.41) is 2.90. The van der Waals surface area contributed by atoms with Crippen LogP contribution in [0.1, 0.15) is 12.8 Å². The average molecular weight is 306 g/mol. The fraction of sp³-hybridized carbons (Fsp3) is 0.471. The van der Waals surface area contributed by atoms with Crippen LogP contribution in [0.15, 0.2) is 36.9 Å². The SMILES string of the molecule is C=CCN1CCC(CNC(=O)COc2ccc(F)cc2)CC1. The lowest BCUT2D eigenvalue weighted by Crippen LogP contribution is -2.39. The van der Waals surface area contributed by atoms with Crippen LogP contribution in [0, 0.1) is 11.7 Å². The Morgan fingerprint density at radius 3 is 2.68 bits per heavy atom. The highest BCUT2D eigenvalue weighted by Crippen LogP contribution is 2.16. The Balaban J connectivity index is 1.62. The van der Waals surface area contributed by atoms with Crippen LogP contribution in [0.25, 0.3) is 0 Å². The Hall–Kier alpha value is -1.88. The Morgan fingerprint density at radius 2 is 2.05 bits per heavy atom. The molecule has 4 nitrogen and oxygen atoms in total. The Morgan fingerprint density at radius 1 is 1.36 bits per heavy atom. The molecule has 1 fully saturated rings. The first-order chi connectivity index (χ1) is 10.7. The lowest BCUT2D eigenvalue weighted by Gasteiger charge is -2.31. The van der Waals surface area contributed by atoms with Crippen LogP contribution in [0.3, 0.4) is 0 Å². The first-order valence-electron chi connectivity index (χ1n) is 7.65. The number of rotatable bonds is 7. The molecule has 1 aliphatic heterocycles. The van der Waals surface area contributed by atoms with Gasteiger partial charge in [0.25, 0.3) is 5.91 Å². The molecule has 1 heterocycles. The van der Waals surface area contributed by atoms with E-state index < -0.39 is 0 Å². The van der Waals surface area contributed by atoms with Crippen LogP contribution in [0.5, 0.6) is 5.75 Å². The summed E-state index contributed by atoms with van der Waals surface area (Å²) < 4.78 is 18.1. The van der Waals surface area contributed by atoms with Crippen LogP contribution < -0.4 is 10.1 Å². The summed E-state index contributed by atoms with van der Waals surface area (Å²) >= 11 is 0. The normalized spacial score (nSPS) is 16.2. The van der Waals surface area contributed by atoms with Gasteiger partial charge in [-0.2, -0.15) is 0 Å². The first-order valence-corrected chi connectivity index (χ1v) is 7.65. The molecule has 5 heteroatoms. The van der Waals surface area contributed by atoms with E-state index in [4.69, 9.17) is 4.74 Å². The predicted molar refractivity (Wildman–Crippen MR) is 84.3 cm³/mol. The van der Waals surface area contributed by atoms with E-state index in [1.165, 1.54) is 24.3 Å². The second-order valence-corrected chi connectivity index (χ2v) is 5.58. The number of carbonyl (C=O) groups excluding carboxylic acids is 1. The number of carbonyl (C=O) groups is 1. The quantitative estimate of drug-likeness (QED) is 0.785. The number of amides is 1. The Bertz CT molecular complexity index is 482. The van der Waals surface area contributed by atoms with Crippen molar-refractivity contribution in [2.24, 2.45) is 5.92 Å². The van der Waals surface area contributed by atoms with Gasteiger partial charge in [-0.1, -0.05) is 6.08 Å². The molecule has 2 rings (SSSR count). The van der Waals surface area contributed by atoms with Gasteiger partial charge in [-0.15, -0.1) is 6.58 Å². The minimum Gasteiger partial charge on any atom is -0.484 e. The van der Waals surface area contributed by atoms with Gasteiger partial charge in [-0.05, 0) is 56.1 Å². The van der Waals surface area contributed by atoms with Gasteiger partial charge in [0.2, 0.25) is 0 Å². The average Bonchev–Trinajstić information content (AvgIpc) is 2.54. The molecule has 0 bridgehead atoms. The van der Waals surface area contributed by atoms with Gasteiger partial charge in [0.15, 0.2) is 6.61 Å². The summed E-state index contributed by atoms with van der Waals surface area (Å²) in [6.45, 7) is 7.44. The van der Waals surface area contributed by atoms with E-state index in [-0.39, 0.29) is 18.3 Å². The van der Waals surface area contributed by atoms with Gasteiger partial charge in [0.05, 0.1) is 0 Å². The molecule has 0 unspecified atom stereocenters. The molecule has 1 aliphatic rings. The largest absolute Gasteiger partial charge is 0.484 e. The molecule has 0 spiro atoms. The van der Waals surface area contributed by atoms with Crippen molar-refractivity contribution in [1.29, 1.82) is 0 Å². The lowest BCUT2D eigenvalue weighted by atomic mass is 9.97. The Labute approximate surface area is 131 Å². The van der Waals surface area contributed by atoms with Crippen LogP contribution >= 0.6 is 0 Å². The maximum atomic E-state index is 12.7. The van der Waals surface area contributed by atoms with E-state index in [1.54, 1.807) is 0 Å². The molecule has 1 saturated heterocycles. The number of hydrogen-bond donors (Lipinski definition) is 1. The summed E-state index contributed by atoms with van der Waals surface area (Å²) in [4.78, 5) is 14.1. The van der Waals surface area contributed by atoms with E-state index >= 15 is 0 Å². The zero-order valence-electron chi connectivity index (χ0n) is 12.8. The van der Waals surface area contributed by atoms with Gasteiger partial charge in [0.1, 0.15) is 11.6 Å². The number of piperidine rings is 1. The highest BCUT2D eigenvalue weighted by atomic mass is 19.1. The van der Waals surface area contributed by atoms with Crippen molar-refractivity contribution >= 4 is 5.91 Å². The van der Waals surface area contributed by atoms with E-state index in [1.807, 2.05) is 6.08 Å². The summed E-state index contributed by atoms with van der Waals surface area (Å²) in [5.41, 5.74) is 0. The monoisotopic (exact) mass is 306 g/mol. The third kappa shape index (κ3) is 5.48. The second kappa shape index (κ2) is 8.54. The molecule has 0 saturated carbocycles. The van der Waals surface area contributed by atoms with Crippen molar-refractivity contribution in [2.75, 3.05) is 32.8 Å². The van der Waals surface area contributed by atoms with Crippen LogP contribution in [-0.2, 0) is 4.79 Å². The van der Waals surface area contributed by atoms with Gasteiger partial charge in [-0.25, -0.2) is 4.39 Å². The van der Waals surface area contributed by atoms with E-state index in [0.29, 0.717) is 18.2 Å². The third-order valence-electron chi connectivity index (χ3n) is 3.87. The molecule has 22 heavy (non-hydrogen) atoms. The third-order valence-corrected chi connectivity index (χ3v) is 3.87. The van der Waals surface area contributed by atoms with Crippen LogP contribution in [-0.4, -0.2) is 43.6 Å². The fourth-order valence-electron chi connectivity index (χ4n) is 2.54. The number of hydrogen-bond acceptors (Lipinski definition) is 3. The number of halogens is 1. The highest BCUT2D eigenvalue weighted by molar-refractivity contribution is 5.77.